The van der Waals surface area contributed by atoms with Crippen LogP contribution in [0, 0.1) is 10.1 Å². The quantitative estimate of drug-likeness (QED) is 0.482. The standard InChI is InChI=1S/C18H19N3O4.ClH/c1-18(2)10-14(13-9-11(19)7-8-16(13)25-18)20-17(22)12-5-3-4-6-15(12)21(23)24;/h3-9,14H,10,19H2,1-2H3,(H,20,22);1H. The highest BCUT2D eigenvalue weighted by molar-refractivity contribution is 5.98. The second kappa shape index (κ2) is 7.21. The number of hydrogen-bond donors (Lipinski definition) is 2. The molecule has 2 aromatic carbocycles. The molecule has 0 bridgehead atoms. The second-order valence-corrected chi connectivity index (χ2v) is 6.66. The number of amides is 1. The lowest BCUT2D eigenvalue weighted by atomic mass is 9.89. The molecule has 1 amide bonds. The Bertz CT molecular complexity index is 854. The monoisotopic (exact) mass is 377 g/mol. The predicted octanol–water partition coefficient (Wildman–Crippen LogP) is 3.63. The van der Waals surface area contributed by atoms with Crippen molar-refractivity contribution in [1.82, 2.24) is 5.32 Å². The van der Waals surface area contributed by atoms with Gasteiger partial charge in [-0.3, -0.25) is 14.9 Å². The summed E-state index contributed by atoms with van der Waals surface area (Å²) in [5.41, 5.74) is 6.52. The fraction of sp³-hybridized carbons (Fsp3) is 0.278. The van der Waals surface area contributed by atoms with Crippen LogP contribution in [0.25, 0.3) is 0 Å². The number of nitrogen functional groups attached to an aromatic ring is 1. The molecule has 1 unspecified atom stereocenters. The van der Waals surface area contributed by atoms with E-state index in [0.29, 0.717) is 17.9 Å². The molecule has 0 saturated heterocycles. The van der Waals surface area contributed by atoms with Crippen molar-refractivity contribution in [3.05, 3.63) is 63.7 Å². The Morgan fingerprint density at radius 2 is 2.00 bits per heavy atom. The van der Waals surface area contributed by atoms with Crippen LogP contribution in [-0.2, 0) is 0 Å². The van der Waals surface area contributed by atoms with Gasteiger partial charge < -0.3 is 15.8 Å². The van der Waals surface area contributed by atoms with E-state index in [4.69, 9.17) is 10.5 Å². The number of carbonyl (C=O) groups excluding carboxylic acids is 1. The maximum atomic E-state index is 12.7. The van der Waals surface area contributed by atoms with Crippen LogP contribution in [0.4, 0.5) is 11.4 Å². The number of hydrogen-bond acceptors (Lipinski definition) is 5. The van der Waals surface area contributed by atoms with Gasteiger partial charge in [-0.1, -0.05) is 12.1 Å². The highest BCUT2D eigenvalue weighted by Crippen LogP contribution is 2.40. The molecule has 3 N–H and O–H groups in total. The van der Waals surface area contributed by atoms with Gasteiger partial charge in [-0.25, -0.2) is 0 Å². The van der Waals surface area contributed by atoms with E-state index >= 15 is 0 Å². The van der Waals surface area contributed by atoms with Crippen molar-refractivity contribution in [2.75, 3.05) is 5.73 Å². The Kier molecular flexibility index (Phi) is 5.41. The SMILES string of the molecule is CC1(C)CC(NC(=O)c2ccccc2[N+](=O)[O-])c2cc(N)ccc2O1.Cl. The summed E-state index contributed by atoms with van der Waals surface area (Å²) in [6.45, 7) is 3.85. The summed E-state index contributed by atoms with van der Waals surface area (Å²) >= 11 is 0. The average Bonchev–Trinajstić information content (AvgIpc) is 2.54. The lowest BCUT2D eigenvalue weighted by Gasteiger charge is -2.38. The van der Waals surface area contributed by atoms with Gasteiger partial charge in [-0.2, -0.15) is 0 Å². The Morgan fingerprint density at radius 3 is 2.69 bits per heavy atom. The zero-order valence-electron chi connectivity index (χ0n) is 14.4. The van der Waals surface area contributed by atoms with Crippen LogP contribution in [0.15, 0.2) is 42.5 Å². The minimum atomic E-state index is -0.561. The van der Waals surface area contributed by atoms with E-state index in [9.17, 15) is 14.9 Å². The molecular weight excluding hydrogens is 358 g/mol. The van der Waals surface area contributed by atoms with Gasteiger partial charge in [-0.05, 0) is 38.1 Å². The van der Waals surface area contributed by atoms with Crippen LogP contribution < -0.4 is 15.8 Å². The van der Waals surface area contributed by atoms with Gasteiger partial charge in [0.25, 0.3) is 11.6 Å². The van der Waals surface area contributed by atoms with E-state index < -0.39 is 16.4 Å². The number of halogens is 1. The van der Waals surface area contributed by atoms with Crippen molar-refractivity contribution in [2.45, 2.75) is 31.9 Å². The number of benzene rings is 2. The second-order valence-electron chi connectivity index (χ2n) is 6.66. The summed E-state index contributed by atoms with van der Waals surface area (Å²) in [7, 11) is 0. The summed E-state index contributed by atoms with van der Waals surface area (Å²) < 4.78 is 5.94. The van der Waals surface area contributed by atoms with Crippen molar-refractivity contribution in [1.29, 1.82) is 0 Å². The van der Waals surface area contributed by atoms with Crippen LogP contribution in [0.1, 0.15) is 42.2 Å². The van der Waals surface area contributed by atoms with E-state index in [1.807, 2.05) is 13.8 Å². The molecule has 26 heavy (non-hydrogen) atoms. The van der Waals surface area contributed by atoms with Crippen LogP contribution in [0.3, 0.4) is 0 Å². The number of nitrogens with one attached hydrogen (secondary N) is 1. The number of nitrogens with two attached hydrogens (primary N) is 1. The fourth-order valence-corrected chi connectivity index (χ4v) is 3.06. The molecule has 3 rings (SSSR count). The number of nitro benzene ring substituents is 1. The molecule has 8 heteroatoms. The first kappa shape index (κ1) is 19.5. The smallest absolute Gasteiger partial charge is 0.282 e. The number of rotatable bonds is 3. The molecule has 0 aliphatic carbocycles. The van der Waals surface area contributed by atoms with Gasteiger partial charge in [0.2, 0.25) is 0 Å². The topological polar surface area (TPSA) is 107 Å². The lowest BCUT2D eigenvalue weighted by molar-refractivity contribution is -0.385. The summed E-state index contributed by atoms with van der Waals surface area (Å²) in [6.07, 6.45) is 0.524. The number of ether oxygens (including phenoxy) is 1. The Hall–Kier alpha value is -2.80. The van der Waals surface area contributed by atoms with E-state index in [-0.39, 0.29) is 29.7 Å². The van der Waals surface area contributed by atoms with E-state index in [0.717, 1.165) is 5.56 Å². The van der Waals surface area contributed by atoms with Crippen LogP contribution in [-0.4, -0.2) is 16.4 Å². The van der Waals surface area contributed by atoms with Crippen molar-refractivity contribution in [2.24, 2.45) is 0 Å². The number of carbonyl (C=O) groups is 1. The maximum Gasteiger partial charge on any atom is 0.282 e. The van der Waals surface area contributed by atoms with Gasteiger partial charge in [0.1, 0.15) is 16.9 Å². The maximum absolute atomic E-state index is 12.7. The van der Waals surface area contributed by atoms with Crippen LogP contribution in [0.2, 0.25) is 0 Å². The van der Waals surface area contributed by atoms with Crippen LogP contribution in [0.5, 0.6) is 5.75 Å². The molecule has 0 aromatic heterocycles. The number of fused-ring (bicyclic) bond motifs is 1. The summed E-state index contributed by atoms with van der Waals surface area (Å²) in [5, 5.41) is 14.0. The molecule has 2 aromatic rings. The minimum absolute atomic E-state index is 0. The molecule has 1 aliphatic rings. The molecule has 7 nitrogen and oxygen atoms in total. The molecule has 0 saturated carbocycles. The van der Waals surface area contributed by atoms with Crippen molar-refractivity contribution < 1.29 is 14.5 Å². The molecule has 0 fully saturated rings. The third-order valence-corrected chi connectivity index (χ3v) is 4.14. The number of nitrogens with zero attached hydrogens (tertiary/aromatic N) is 1. The molecule has 1 heterocycles. The molecular formula is C18H20ClN3O4. The largest absolute Gasteiger partial charge is 0.487 e. The summed E-state index contributed by atoms with van der Waals surface area (Å²) in [5.74, 6) is 0.154. The predicted molar refractivity (Wildman–Crippen MR) is 101 cm³/mol. The Morgan fingerprint density at radius 1 is 1.31 bits per heavy atom. The van der Waals surface area contributed by atoms with Crippen molar-refractivity contribution >= 4 is 29.7 Å². The van der Waals surface area contributed by atoms with Crippen molar-refractivity contribution in [3.8, 4) is 5.75 Å². The first-order chi connectivity index (χ1) is 11.8. The normalized spacial score (nSPS) is 17.2. The van der Waals surface area contributed by atoms with Gasteiger partial charge in [0, 0.05) is 23.7 Å². The third kappa shape index (κ3) is 3.88. The van der Waals surface area contributed by atoms with E-state index in [2.05, 4.69) is 5.32 Å². The molecule has 138 valence electrons. The molecule has 0 spiro atoms. The average molecular weight is 378 g/mol. The van der Waals surface area contributed by atoms with Crippen molar-refractivity contribution in [3.63, 3.8) is 0 Å². The highest BCUT2D eigenvalue weighted by atomic mass is 35.5. The third-order valence-electron chi connectivity index (χ3n) is 4.14. The Labute approximate surface area is 157 Å². The lowest BCUT2D eigenvalue weighted by Crippen LogP contribution is -2.41. The van der Waals surface area contributed by atoms with Gasteiger partial charge in [-0.15, -0.1) is 12.4 Å². The van der Waals surface area contributed by atoms with E-state index in [1.165, 1.54) is 18.2 Å². The number of nitro groups is 1. The number of anilines is 1. The van der Waals surface area contributed by atoms with Gasteiger partial charge in [0.05, 0.1) is 11.0 Å². The fourth-order valence-electron chi connectivity index (χ4n) is 3.06. The summed E-state index contributed by atoms with van der Waals surface area (Å²) in [4.78, 5) is 23.2. The molecule has 1 atom stereocenters. The van der Waals surface area contributed by atoms with Gasteiger partial charge >= 0.3 is 0 Å². The Balaban J connectivity index is 0.00000243. The summed E-state index contributed by atoms with van der Waals surface area (Å²) in [6, 6.07) is 10.8. The van der Waals surface area contributed by atoms with Gasteiger partial charge in [0.15, 0.2) is 0 Å². The number of para-hydroxylation sites is 1. The molecule has 0 radical (unpaired) electrons. The zero-order valence-corrected chi connectivity index (χ0v) is 15.2. The highest BCUT2D eigenvalue weighted by Gasteiger charge is 2.35. The minimum Gasteiger partial charge on any atom is -0.487 e. The first-order valence-corrected chi connectivity index (χ1v) is 7.89. The first-order valence-electron chi connectivity index (χ1n) is 7.89. The molecule has 1 aliphatic heterocycles. The zero-order chi connectivity index (χ0) is 18.2. The van der Waals surface area contributed by atoms with E-state index in [1.54, 1.807) is 24.3 Å². The van der Waals surface area contributed by atoms with Crippen LogP contribution >= 0.6 is 12.4 Å².